The molecule has 0 heterocycles. The third kappa shape index (κ3) is 9.11. The molecule has 0 aliphatic carbocycles. The first-order valence-electron chi connectivity index (χ1n) is 10.1. The molecule has 0 bridgehead atoms. The van der Waals surface area contributed by atoms with Crippen LogP contribution in [-0.2, 0) is 19.1 Å². The Kier molecular flexibility index (Phi) is 14.3. The van der Waals surface area contributed by atoms with Crippen LogP contribution in [0.3, 0.4) is 0 Å². The number of hydrogen-bond acceptors (Lipinski definition) is 4. The van der Waals surface area contributed by atoms with Crippen molar-refractivity contribution >= 4 is 30.3 Å². The Morgan fingerprint density at radius 3 is 1.56 bits per heavy atom. The van der Waals surface area contributed by atoms with Crippen LogP contribution in [-0.4, -0.2) is 43.5 Å². The molecule has 0 aliphatic heterocycles. The summed E-state index contributed by atoms with van der Waals surface area (Å²) in [7, 11) is 0. The Labute approximate surface area is 158 Å². The van der Waals surface area contributed by atoms with Crippen LogP contribution in [0, 0.1) is 0 Å². The molecule has 0 saturated heterocycles. The van der Waals surface area contributed by atoms with Gasteiger partial charge in [-0.05, 0) is 0 Å². The molecule has 5 heteroatoms. The maximum atomic E-state index is 12.8. The zero-order valence-corrected chi connectivity index (χ0v) is 19.8. The van der Waals surface area contributed by atoms with Crippen molar-refractivity contribution in [3.63, 3.8) is 0 Å². The van der Waals surface area contributed by atoms with Crippen molar-refractivity contribution in [2.75, 3.05) is 13.2 Å². The quantitative estimate of drug-likeness (QED) is 0.197. The van der Waals surface area contributed by atoms with E-state index in [1.54, 1.807) is 6.92 Å². The number of esters is 2. The van der Waals surface area contributed by atoms with Crippen molar-refractivity contribution in [3.8, 4) is 0 Å². The number of hydrogen-bond donors (Lipinski definition) is 0. The molecular weight excluding hydrogens is 423 g/mol. The standard InChI is InChI=1S/C8H11O4.3C4H9.Sn/c1-3-11-7(9)5-6-8(10)12-4-2;3*1-3-4-2;/h5H,3-4H2,1-2H3;3*1,3-4H2,2H3;. The minimum atomic E-state index is -3.02. The zero-order chi connectivity index (χ0) is 19.1. The first-order valence-corrected chi connectivity index (χ1v) is 17.5. The molecule has 0 spiro atoms. The molecule has 0 unspecified atom stereocenters. The van der Waals surface area contributed by atoms with Crippen LogP contribution in [0.4, 0.5) is 0 Å². The fraction of sp³-hybridized carbons (Fsp3) is 0.800. The van der Waals surface area contributed by atoms with Crippen LogP contribution in [0.25, 0.3) is 0 Å². The van der Waals surface area contributed by atoms with E-state index < -0.39 is 24.3 Å². The van der Waals surface area contributed by atoms with Crippen LogP contribution in [0.5, 0.6) is 0 Å². The van der Waals surface area contributed by atoms with E-state index in [2.05, 4.69) is 20.8 Å². The van der Waals surface area contributed by atoms with E-state index in [4.69, 9.17) is 9.47 Å². The molecule has 4 nitrogen and oxygen atoms in total. The van der Waals surface area contributed by atoms with Crippen LogP contribution in [0.2, 0.25) is 13.3 Å². The Morgan fingerprint density at radius 1 is 0.760 bits per heavy atom. The van der Waals surface area contributed by atoms with Gasteiger partial charge in [0.1, 0.15) is 0 Å². The predicted molar refractivity (Wildman–Crippen MR) is 106 cm³/mol. The molecule has 0 amide bonds. The van der Waals surface area contributed by atoms with E-state index in [0.717, 1.165) is 55.4 Å². The van der Waals surface area contributed by atoms with E-state index in [-0.39, 0.29) is 5.97 Å². The molecule has 0 aromatic heterocycles. The fourth-order valence-corrected chi connectivity index (χ4v) is 19.2. The molecule has 0 aromatic carbocycles. The molecular formula is C20H38O4Sn. The Hall–Kier alpha value is -0.521. The normalized spacial score (nSPS) is 12.1. The third-order valence-corrected chi connectivity index (χ3v) is 20.1. The second-order valence-electron chi connectivity index (χ2n) is 6.62. The first-order chi connectivity index (χ1) is 12.0. The molecule has 25 heavy (non-hydrogen) atoms. The van der Waals surface area contributed by atoms with Crippen LogP contribution >= 0.6 is 0 Å². The summed E-state index contributed by atoms with van der Waals surface area (Å²) in [4.78, 5) is 24.9. The Morgan fingerprint density at radius 2 is 1.20 bits per heavy atom. The summed E-state index contributed by atoms with van der Waals surface area (Å²) in [6.07, 6.45) is 8.24. The first kappa shape index (κ1) is 24.5. The van der Waals surface area contributed by atoms with E-state index in [0.29, 0.717) is 13.2 Å². The van der Waals surface area contributed by atoms with Crippen molar-refractivity contribution in [3.05, 3.63) is 9.67 Å². The Bertz CT molecular complexity index is 396. The van der Waals surface area contributed by atoms with Gasteiger partial charge in [0.15, 0.2) is 0 Å². The van der Waals surface area contributed by atoms with Gasteiger partial charge in [-0.25, -0.2) is 0 Å². The van der Waals surface area contributed by atoms with Gasteiger partial charge in [0.05, 0.1) is 0 Å². The molecule has 0 fully saturated rings. The zero-order valence-electron chi connectivity index (χ0n) is 17.0. The van der Waals surface area contributed by atoms with E-state index in [1.807, 2.05) is 6.92 Å². The fourth-order valence-electron chi connectivity index (χ4n) is 3.26. The van der Waals surface area contributed by atoms with Crippen molar-refractivity contribution in [1.82, 2.24) is 0 Å². The minimum absolute atomic E-state index is 0.269. The number of carbonyl (C=O) groups is 2. The number of carbonyl (C=O) groups excluding carboxylic acids is 2. The van der Waals surface area contributed by atoms with Gasteiger partial charge in [0.2, 0.25) is 0 Å². The average molecular weight is 461 g/mol. The molecule has 0 N–H and O–H groups in total. The number of ether oxygens (including phenoxy) is 2. The molecule has 146 valence electrons. The van der Waals surface area contributed by atoms with Crippen LogP contribution < -0.4 is 0 Å². The molecule has 0 aromatic rings. The summed E-state index contributed by atoms with van der Waals surface area (Å²) >= 11 is -3.02. The second kappa shape index (κ2) is 14.6. The molecule has 0 radical (unpaired) electrons. The SMILES string of the molecule is CCC[CH2][Sn]([CH2]CCC)([CH2]CCC)/[C](=C\C(=O)OCC)C(=O)OCC. The van der Waals surface area contributed by atoms with Crippen molar-refractivity contribution < 1.29 is 19.1 Å². The van der Waals surface area contributed by atoms with Gasteiger partial charge in [0, 0.05) is 0 Å². The maximum absolute atomic E-state index is 12.8. The number of unbranched alkanes of at least 4 members (excludes halogenated alkanes) is 3. The topological polar surface area (TPSA) is 52.6 Å². The van der Waals surface area contributed by atoms with Gasteiger partial charge in [-0.15, -0.1) is 0 Å². The van der Waals surface area contributed by atoms with Gasteiger partial charge in [-0.1, -0.05) is 0 Å². The van der Waals surface area contributed by atoms with Crippen molar-refractivity contribution in [2.24, 2.45) is 0 Å². The monoisotopic (exact) mass is 462 g/mol. The van der Waals surface area contributed by atoms with Gasteiger partial charge in [-0.2, -0.15) is 0 Å². The van der Waals surface area contributed by atoms with Gasteiger partial charge >= 0.3 is 159 Å². The summed E-state index contributed by atoms with van der Waals surface area (Å²) in [5.74, 6) is -0.661. The van der Waals surface area contributed by atoms with Crippen molar-refractivity contribution in [1.29, 1.82) is 0 Å². The summed E-state index contributed by atoms with van der Waals surface area (Å²) in [6, 6.07) is 0. The number of rotatable bonds is 14. The van der Waals surface area contributed by atoms with Crippen LogP contribution in [0.1, 0.15) is 73.1 Å². The molecule has 0 aliphatic rings. The third-order valence-electron chi connectivity index (χ3n) is 4.64. The van der Waals surface area contributed by atoms with E-state index in [9.17, 15) is 9.59 Å². The summed E-state index contributed by atoms with van der Waals surface area (Å²) in [5, 5.41) is 0. The summed E-state index contributed by atoms with van der Waals surface area (Å²) < 4.78 is 14.6. The van der Waals surface area contributed by atoms with E-state index in [1.165, 1.54) is 6.08 Å². The average Bonchev–Trinajstić information content (AvgIpc) is 2.60. The Balaban J connectivity index is 5.94. The van der Waals surface area contributed by atoms with Gasteiger partial charge in [-0.3, -0.25) is 0 Å². The van der Waals surface area contributed by atoms with Crippen LogP contribution in [0.15, 0.2) is 9.67 Å². The molecule has 0 rings (SSSR count). The van der Waals surface area contributed by atoms with Gasteiger partial charge < -0.3 is 0 Å². The van der Waals surface area contributed by atoms with Gasteiger partial charge in [0.25, 0.3) is 0 Å². The summed E-state index contributed by atoms with van der Waals surface area (Å²) in [6.45, 7) is 10.8. The predicted octanol–water partition coefficient (Wildman–Crippen LogP) is 5.43. The second-order valence-corrected chi connectivity index (χ2v) is 19.7. The molecule has 0 saturated carbocycles. The summed E-state index contributed by atoms with van der Waals surface area (Å²) in [5.41, 5.74) is 0. The molecule has 0 atom stereocenters. The van der Waals surface area contributed by atoms with E-state index >= 15 is 0 Å². The van der Waals surface area contributed by atoms with Crippen molar-refractivity contribution in [2.45, 2.75) is 86.5 Å².